The summed E-state index contributed by atoms with van der Waals surface area (Å²) < 4.78 is 0. The van der Waals surface area contributed by atoms with E-state index in [1.54, 1.807) is 11.3 Å². The second kappa shape index (κ2) is 4.44. The van der Waals surface area contributed by atoms with Gasteiger partial charge >= 0.3 is 0 Å². The predicted molar refractivity (Wildman–Crippen MR) is 82.3 cm³/mol. The van der Waals surface area contributed by atoms with Gasteiger partial charge in [-0.25, -0.2) is 4.98 Å². The average molecular weight is 268 g/mol. The molecule has 0 spiro atoms. The first-order valence-corrected chi connectivity index (χ1v) is 7.17. The van der Waals surface area contributed by atoms with Crippen LogP contribution in [0.2, 0.25) is 0 Å². The van der Waals surface area contributed by atoms with Gasteiger partial charge in [0.05, 0.1) is 11.2 Å². The Morgan fingerprint density at radius 2 is 1.79 bits per heavy atom. The van der Waals surface area contributed by atoms with E-state index in [2.05, 4.69) is 47.8 Å². The number of nitrogens with two attached hydrogens (primary N) is 1. The molecule has 0 aliphatic heterocycles. The van der Waals surface area contributed by atoms with Crippen molar-refractivity contribution in [1.82, 2.24) is 4.98 Å². The zero-order valence-corrected chi connectivity index (χ0v) is 11.9. The summed E-state index contributed by atoms with van der Waals surface area (Å²) in [6.07, 6.45) is 0. The standard InChI is InChI=1S/C16H16N2S/c1-16(2,17)14-10-19-15(18-14)13-9-5-7-11-6-3-4-8-12(11)13/h3-10H,17H2,1-2H3. The quantitative estimate of drug-likeness (QED) is 0.758. The monoisotopic (exact) mass is 268 g/mol. The molecule has 0 saturated heterocycles. The van der Waals surface area contributed by atoms with Crippen LogP contribution in [-0.2, 0) is 5.54 Å². The van der Waals surface area contributed by atoms with Gasteiger partial charge in [0, 0.05) is 10.9 Å². The SMILES string of the molecule is CC(C)(N)c1csc(-c2cccc3ccccc23)n1. The second-order valence-electron chi connectivity index (χ2n) is 5.29. The van der Waals surface area contributed by atoms with Crippen molar-refractivity contribution in [3.05, 3.63) is 53.5 Å². The minimum absolute atomic E-state index is 0.390. The maximum Gasteiger partial charge on any atom is 0.124 e. The highest BCUT2D eigenvalue weighted by atomic mass is 32.1. The first-order valence-electron chi connectivity index (χ1n) is 6.29. The lowest BCUT2D eigenvalue weighted by Gasteiger charge is -2.14. The van der Waals surface area contributed by atoms with Crippen molar-refractivity contribution in [2.45, 2.75) is 19.4 Å². The van der Waals surface area contributed by atoms with Crippen LogP contribution in [0.25, 0.3) is 21.3 Å². The van der Waals surface area contributed by atoms with Crippen molar-refractivity contribution >= 4 is 22.1 Å². The minimum Gasteiger partial charge on any atom is -0.321 e. The van der Waals surface area contributed by atoms with E-state index >= 15 is 0 Å². The summed E-state index contributed by atoms with van der Waals surface area (Å²) in [7, 11) is 0. The predicted octanol–water partition coefficient (Wildman–Crippen LogP) is 4.16. The average Bonchev–Trinajstić information content (AvgIpc) is 2.87. The molecule has 1 aromatic heterocycles. The highest BCUT2D eigenvalue weighted by Gasteiger charge is 2.18. The van der Waals surface area contributed by atoms with E-state index in [1.807, 2.05) is 13.8 Å². The van der Waals surface area contributed by atoms with Crippen LogP contribution in [0.5, 0.6) is 0 Å². The van der Waals surface area contributed by atoms with Gasteiger partial charge in [-0.05, 0) is 24.6 Å². The Balaban J connectivity index is 2.17. The third kappa shape index (κ3) is 2.27. The Labute approximate surface area is 116 Å². The summed E-state index contributed by atoms with van der Waals surface area (Å²) in [5.41, 5.74) is 7.84. The Morgan fingerprint density at radius 3 is 2.53 bits per heavy atom. The molecule has 0 fully saturated rings. The van der Waals surface area contributed by atoms with Gasteiger partial charge in [0.1, 0.15) is 5.01 Å². The van der Waals surface area contributed by atoms with Crippen LogP contribution in [-0.4, -0.2) is 4.98 Å². The van der Waals surface area contributed by atoms with E-state index in [-0.39, 0.29) is 5.54 Å². The summed E-state index contributed by atoms with van der Waals surface area (Å²) in [6.45, 7) is 3.96. The zero-order chi connectivity index (χ0) is 13.5. The van der Waals surface area contributed by atoms with Gasteiger partial charge in [-0.3, -0.25) is 0 Å². The number of rotatable bonds is 2. The van der Waals surface area contributed by atoms with E-state index in [0.29, 0.717) is 0 Å². The number of thiazole rings is 1. The van der Waals surface area contributed by atoms with Crippen LogP contribution in [0.4, 0.5) is 0 Å². The number of hydrogen-bond acceptors (Lipinski definition) is 3. The largest absolute Gasteiger partial charge is 0.321 e. The molecule has 3 rings (SSSR count). The summed E-state index contributed by atoms with van der Waals surface area (Å²) in [5.74, 6) is 0. The van der Waals surface area contributed by atoms with Gasteiger partial charge < -0.3 is 5.73 Å². The molecule has 3 heteroatoms. The number of aromatic nitrogens is 1. The van der Waals surface area contributed by atoms with Crippen molar-refractivity contribution in [1.29, 1.82) is 0 Å². The number of hydrogen-bond donors (Lipinski definition) is 1. The van der Waals surface area contributed by atoms with Crippen molar-refractivity contribution in [2.75, 3.05) is 0 Å². The van der Waals surface area contributed by atoms with E-state index in [4.69, 9.17) is 10.7 Å². The fourth-order valence-electron chi connectivity index (χ4n) is 2.11. The van der Waals surface area contributed by atoms with Gasteiger partial charge in [0.2, 0.25) is 0 Å². The summed E-state index contributed by atoms with van der Waals surface area (Å²) >= 11 is 1.65. The molecule has 2 aromatic carbocycles. The lowest BCUT2D eigenvalue weighted by atomic mass is 10.0. The van der Waals surface area contributed by atoms with E-state index < -0.39 is 0 Å². The minimum atomic E-state index is -0.390. The summed E-state index contributed by atoms with van der Waals surface area (Å²) in [5, 5.41) is 5.56. The molecule has 1 heterocycles. The molecule has 19 heavy (non-hydrogen) atoms. The normalized spacial score (nSPS) is 11.9. The molecular formula is C16H16N2S. The van der Waals surface area contributed by atoms with Gasteiger partial charge in [-0.15, -0.1) is 11.3 Å². The Bertz CT molecular complexity index is 717. The van der Waals surface area contributed by atoms with Crippen molar-refractivity contribution in [2.24, 2.45) is 5.73 Å². The van der Waals surface area contributed by atoms with Crippen molar-refractivity contribution in [3.63, 3.8) is 0 Å². The molecule has 96 valence electrons. The van der Waals surface area contributed by atoms with Crippen LogP contribution in [0.3, 0.4) is 0 Å². The third-order valence-corrected chi connectivity index (χ3v) is 4.06. The Hall–Kier alpha value is -1.71. The van der Waals surface area contributed by atoms with Crippen LogP contribution in [0, 0.1) is 0 Å². The fraction of sp³-hybridized carbons (Fsp3) is 0.188. The Kier molecular flexibility index (Phi) is 2.88. The van der Waals surface area contributed by atoms with Crippen LogP contribution in [0.1, 0.15) is 19.5 Å². The van der Waals surface area contributed by atoms with Crippen LogP contribution in [0.15, 0.2) is 47.8 Å². The molecule has 0 unspecified atom stereocenters. The number of nitrogens with zero attached hydrogens (tertiary/aromatic N) is 1. The van der Waals surface area contributed by atoms with Crippen molar-refractivity contribution in [3.8, 4) is 10.6 Å². The molecule has 2 nitrogen and oxygen atoms in total. The first kappa shape index (κ1) is 12.3. The molecule has 0 saturated carbocycles. The number of fused-ring (bicyclic) bond motifs is 1. The topological polar surface area (TPSA) is 38.9 Å². The summed E-state index contributed by atoms with van der Waals surface area (Å²) in [4.78, 5) is 4.70. The van der Waals surface area contributed by atoms with Gasteiger partial charge in [-0.1, -0.05) is 42.5 Å². The van der Waals surface area contributed by atoms with Crippen LogP contribution >= 0.6 is 11.3 Å². The van der Waals surface area contributed by atoms with E-state index in [0.717, 1.165) is 10.7 Å². The molecule has 0 radical (unpaired) electrons. The smallest absolute Gasteiger partial charge is 0.124 e. The highest BCUT2D eigenvalue weighted by Crippen LogP contribution is 2.32. The molecule has 0 amide bonds. The zero-order valence-electron chi connectivity index (χ0n) is 11.1. The maximum atomic E-state index is 6.10. The molecule has 0 aliphatic rings. The maximum absolute atomic E-state index is 6.10. The first-order chi connectivity index (χ1) is 9.05. The van der Waals surface area contributed by atoms with E-state index in [1.165, 1.54) is 16.3 Å². The Morgan fingerprint density at radius 1 is 1.05 bits per heavy atom. The second-order valence-corrected chi connectivity index (χ2v) is 6.14. The molecule has 0 aliphatic carbocycles. The lowest BCUT2D eigenvalue weighted by molar-refractivity contribution is 0.539. The molecule has 3 aromatic rings. The fourth-order valence-corrected chi connectivity index (χ4v) is 3.14. The van der Waals surface area contributed by atoms with Gasteiger partial charge in [0.15, 0.2) is 0 Å². The third-order valence-electron chi connectivity index (χ3n) is 3.18. The van der Waals surface area contributed by atoms with Crippen molar-refractivity contribution < 1.29 is 0 Å². The van der Waals surface area contributed by atoms with E-state index in [9.17, 15) is 0 Å². The number of benzene rings is 2. The van der Waals surface area contributed by atoms with Crippen LogP contribution < -0.4 is 5.73 Å². The molecule has 2 N–H and O–H groups in total. The molecule has 0 atom stereocenters. The summed E-state index contributed by atoms with van der Waals surface area (Å²) in [6, 6.07) is 14.7. The molecule has 0 bridgehead atoms. The van der Waals surface area contributed by atoms with Gasteiger partial charge in [0.25, 0.3) is 0 Å². The highest BCUT2D eigenvalue weighted by molar-refractivity contribution is 7.13. The van der Waals surface area contributed by atoms with Gasteiger partial charge in [-0.2, -0.15) is 0 Å². The lowest BCUT2D eigenvalue weighted by Crippen LogP contribution is -2.28. The molecular weight excluding hydrogens is 252 g/mol.